The van der Waals surface area contributed by atoms with Crippen molar-refractivity contribution in [1.29, 1.82) is 0 Å². The van der Waals surface area contributed by atoms with E-state index in [1.807, 2.05) is 0 Å². The van der Waals surface area contributed by atoms with Gasteiger partial charge in [-0.2, -0.15) is 4.31 Å². The Labute approximate surface area is 168 Å². The minimum absolute atomic E-state index is 0.195. The summed E-state index contributed by atoms with van der Waals surface area (Å²) in [5.74, 6) is 0.326. The Bertz CT molecular complexity index is 940. The molecule has 1 heterocycles. The van der Waals surface area contributed by atoms with Crippen molar-refractivity contribution in [1.82, 2.24) is 9.21 Å². The first kappa shape index (κ1) is 19.9. The molecule has 9 heteroatoms. The number of nitrogens with zero attached hydrogens (tertiary/aromatic N) is 2. The number of ether oxygens (including phenoxy) is 1. The van der Waals surface area contributed by atoms with E-state index in [9.17, 15) is 13.2 Å². The maximum absolute atomic E-state index is 12.8. The molecule has 0 atom stereocenters. The highest BCUT2D eigenvalue weighted by Crippen LogP contribution is 2.24. The molecule has 6 nitrogen and oxygen atoms in total. The van der Waals surface area contributed by atoms with Crippen LogP contribution < -0.4 is 4.74 Å². The first-order chi connectivity index (χ1) is 12.8. The first-order valence-corrected chi connectivity index (χ1v) is 10.4. The molecular formula is C18H18Cl2N2O4S. The molecule has 1 fully saturated rings. The molecule has 1 amide bonds. The van der Waals surface area contributed by atoms with Crippen LogP contribution in [-0.4, -0.2) is 56.8 Å². The van der Waals surface area contributed by atoms with Gasteiger partial charge in [-0.3, -0.25) is 4.79 Å². The number of piperazine rings is 1. The number of sulfonamides is 1. The average Bonchev–Trinajstić information content (AvgIpc) is 2.69. The van der Waals surface area contributed by atoms with Crippen molar-refractivity contribution >= 4 is 39.1 Å². The van der Waals surface area contributed by atoms with Gasteiger partial charge in [-0.25, -0.2) is 8.42 Å². The third-order valence-electron chi connectivity index (χ3n) is 4.38. The molecule has 1 saturated heterocycles. The molecule has 0 bridgehead atoms. The topological polar surface area (TPSA) is 66.9 Å². The molecule has 0 N–H and O–H groups in total. The van der Waals surface area contributed by atoms with Crippen molar-refractivity contribution in [3.05, 3.63) is 58.1 Å². The van der Waals surface area contributed by atoms with Crippen molar-refractivity contribution in [2.24, 2.45) is 0 Å². The number of halogens is 2. The van der Waals surface area contributed by atoms with E-state index >= 15 is 0 Å². The zero-order chi connectivity index (χ0) is 19.6. The molecule has 1 aliphatic heterocycles. The van der Waals surface area contributed by atoms with Crippen LogP contribution in [0.4, 0.5) is 0 Å². The second-order valence-corrected chi connectivity index (χ2v) is 8.78. The van der Waals surface area contributed by atoms with Crippen LogP contribution in [0.5, 0.6) is 5.75 Å². The van der Waals surface area contributed by atoms with Gasteiger partial charge in [0.05, 0.1) is 22.6 Å². The molecule has 1 aliphatic rings. The summed E-state index contributed by atoms with van der Waals surface area (Å²) in [4.78, 5) is 14.4. The highest BCUT2D eigenvalue weighted by atomic mass is 35.5. The van der Waals surface area contributed by atoms with Crippen LogP contribution in [0.15, 0.2) is 47.4 Å². The van der Waals surface area contributed by atoms with Gasteiger partial charge < -0.3 is 9.64 Å². The van der Waals surface area contributed by atoms with E-state index in [0.29, 0.717) is 21.4 Å². The summed E-state index contributed by atoms with van der Waals surface area (Å²) in [6.07, 6.45) is 0. The molecule has 0 radical (unpaired) electrons. The zero-order valence-electron chi connectivity index (χ0n) is 14.6. The fraction of sp³-hybridized carbons (Fsp3) is 0.278. The van der Waals surface area contributed by atoms with Crippen molar-refractivity contribution in [3.63, 3.8) is 0 Å². The normalized spacial score (nSPS) is 15.6. The van der Waals surface area contributed by atoms with Crippen LogP contribution in [-0.2, 0) is 10.0 Å². The predicted molar refractivity (Wildman–Crippen MR) is 104 cm³/mol. The fourth-order valence-corrected chi connectivity index (χ4v) is 4.65. The molecule has 0 spiro atoms. The monoisotopic (exact) mass is 428 g/mol. The van der Waals surface area contributed by atoms with E-state index in [4.69, 9.17) is 27.9 Å². The van der Waals surface area contributed by atoms with E-state index in [2.05, 4.69) is 0 Å². The minimum atomic E-state index is -3.62. The molecule has 0 aliphatic carbocycles. The number of hydrogen-bond donors (Lipinski definition) is 0. The summed E-state index contributed by atoms with van der Waals surface area (Å²) in [5.41, 5.74) is 0.315. The number of amides is 1. The molecular weight excluding hydrogens is 411 g/mol. The van der Waals surface area contributed by atoms with Crippen molar-refractivity contribution in [3.8, 4) is 5.75 Å². The summed E-state index contributed by atoms with van der Waals surface area (Å²) in [6, 6.07) is 10.9. The fourth-order valence-electron chi connectivity index (χ4n) is 2.86. The Balaban J connectivity index is 1.70. The van der Waals surface area contributed by atoms with E-state index in [-0.39, 0.29) is 37.0 Å². The Morgan fingerprint density at radius 2 is 1.63 bits per heavy atom. The average molecular weight is 429 g/mol. The largest absolute Gasteiger partial charge is 0.497 e. The molecule has 0 saturated carbocycles. The molecule has 2 aromatic carbocycles. The quantitative estimate of drug-likeness (QED) is 0.749. The van der Waals surface area contributed by atoms with Gasteiger partial charge in [0.2, 0.25) is 10.0 Å². The summed E-state index contributed by atoms with van der Waals surface area (Å²) in [5, 5.41) is 0.737. The van der Waals surface area contributed by atoms with Crippen molar-refractivity contribution < 1.29 is 17.9 Å². The van der Waals surface area contributed by atoms with E-state index in [0.717, 1.165) is 0 Å². The summed E-state index contributed by atoms with van der Waals surface area (Å²) in [7, 11) is -2.10. The lowest BCUT2D eigenvalue weighted by Crippen LogP contribution is -2.50. The molecule has 0 unspecified atom stereocenters. The van der Waals surface area contributed by atoms with Gasteiger partial charge >= 0.3 is 0 Å². The third-order valence-corrected chi connectivity index (χ3v) is 6.86. The lowest BCUT2D eigenvalue weighted by atomic mass is 10.2. The van der Waals surface area contributed by atoms with Crippen LogP contribution in [0, 0.1) is 0 Å². The highest BCUT2D eigenvalue weighted by molar-refractivity contribution is 7.89. The van der Waals surface area contributed by atoms with Crippen LogP contribution in [0.3, 0.4) is 0 Å². The third kappa shape index (κ3) is 4.21. The van der Waals surface area contributed by atoms with Crippen LogP contribution in [0.25, 0.3) is 0 Å². The first-order valence-electron chi connectivity index (χ1n) is 8.21. The number of methoxy groups -OCH3 is 1. The molecule has 27 heavy (non-hydrogen) atoms. The highest BCUT2D eigenvalue weighted by Gasteiger charge is 2.31. The van der Waals surface area contributed by atoms with Crippen molar-refractivity contribution in [2.75, 3.05) is 33.3 Å². The van der Waals surface area contributed by atoms with Gasteiger partial charge in [0.15, 0.2) is 0 Å². The van der Waals surface area contributed by atoms with Crippen molar-refractivity contribution in [2.45, 2.75) is 4.90 Å². The van der Waals surface area contributed by atoms with Gasteiger partial charge in [-0.05, 0) is 42.5 Å². The van der Waals surface area contributed by atoms with Gasteiger partial charge in [-0.15, -0.1) is 0 Å². The second kappa shape index (κ2) is 8.06. The van der Waals surface area contributed by atoms with Gasteiger partial charge in [0.1, 0.15) is 5.75 Å². The van der Waals surface area contributed by atoms with E-state index in [1.165, 1.54) is 29.6 Å². The lowest BCUT2D eigenvalue weighted by molar-refractivity contribution is 0.0698. The molecule has 0 aromatic heterocycles. The van der Waals surface area contributed by atoms with Gasteiger partial charge in [0.25, 0.3) is 5.91 Å². The van der Waals surface area contributed by atoms with Gasteiger partial charge in [0, 0.05) is 31.2 Å². The Morgan fingerprint density at radius 1 is 1.00 bits per heavy atom. The Kier molecular flexibility index (Phi) is 5.95. The summed E-state index contributed by atoms with van der Waals surface area (Å²) in [6.45, 7) is 0.963. The second-order valence-electron chi connectivity index (χ2n) is 6.00. The Hall–Kier alpha value is -1.80. The van der Waals surface area contributed by atoms with E-state index in [1.54, 1.807) is 29.2 Å². The number of carbonyl (C=O) groups is 1. The predicted octanol–water partition coefficient (Wildman–Crippen LogP) is 3.15. The SMILES string of the molecule is COc1ccc(S(=O)(=O)N2CCN(C(=O)c3cc(Cl)ccc3Cl)CC2)cc1. The maximum atomic E-state index is 12.8. The summed E-state index contributed by atoms with van der Waals surface area (Å²) < 4.78 is 32.0. The smallest absolute Gasteiger partial charge is 0.255 e. The zero-order valence-corrected chi connectivity index (χ0v) is 16.9. The number of benzene rings is 2. The molecule has 144 valence electrons. The standard InChI is InChI=1S/C18H18Cl2N2O4S/c1-26-14-3-5-15(6-4-14)27(24,25)22-10-8-21(9-11-22)18(23)16-12-13(19)2-7-17(16)20/h2-7,12H,8-11H2,1H3. The summed E-state index contributed by atoms with van der Waals surface area (Å²) >= 11 is 12.0. The number of rotatable bonds is 4. The number of hydrogen-bond acceptors (Lipinski definition) is 4. The maximum Gasteiger partial charge on any atom is 0.255 e. The molecule has 2 aromatic rings. The minimum Gasteiger partial charge on any atom is -0.497 e. The Morgan fingerprint density at radius 3 is 2.22 bits per heavy atom. The molecule has 3 rings (SSSR count). The van der Waals surface area contributed by atoms with Crippen LogP contribution in [0.2, 0.25) is 10.0 Å². The van der Waals surface area contributed by atoms with Gasteiger partial charge in [-0.1, -0.05) is 23.2 Å². The van der Waals surface area contributed by atoms with Crippen LogP contribution >= 0.6 is 23.2 Å². The lowest BCUT2D eigenvalue weighted by Gasteiger charge is -2.34. The van der Waals surface area contributed by atoms with Crippen LogP contribution in [0.1, 0.15) is 10.4 Å². The van der Waals surface area contributed by atoms with E-state index < -0.39 is 10.0 Å². The number of carbonyl (C=O) groups excluding carboxylic acids is 1.